The van der Waals surface area contributed by atoms with Crippen LogP contribution < -0.4 is 10.1 Å². The highest BCUT2D eigenvalue weighted by atomic mass is 16.5. The zero-order valence-corrected chi connectivity index (χ0v) is 13.7. The molecule has 1 aromatic heterocycles. The minimum atomic E-state index is -1.02. The third kappa shape index (κ3) is 4.81. The quantitative estimate of drug-likeness (QED) is 0.815. The number of rotatable bonds is 7. The predicted molar refractivity (Wildman–Crippen MR) is 88.8 cm³/mol. The molecule has 0 bridgehead atoms. The van der Waals surface area contributed by atoms with Crippen molar-refractivity contribution in [1.82, 2.24) is 10.3 Å². The number of ether oxygens (including phenoxy) is 1. The van der Waals surface area contributed by atoms with Gasteiger partial charge in [-0.2, -0.15) is 0 Å². The summed E-state index contributed by atoms with van der Waals surface area (Å²) in [5.74, 6) is -0.739. The molecule has 126 valence electrons. The molecule has 0 fully saturated rings. The van der Waals surface area contributed by atoms with E-state index in [2.05, 4.69) is 10.3 Å². The Balaban J connectivity index is 1.96. The molecule has 0 aliphatic carbocycles. The number of pyridine rings is 1. The standard InChI is InChI=1S/C18H20N2O4/c1-18(2,17(22)23)12-20-16(21)14-6-3-7-15(9-14)24-11-13-5-4-8-19-10-13/h3-10H,11-12H2,1-2H3,(H,20,21)(H,22,23). The molecule has 0 unspecified atom stereocenters. The van der Waals surface area contributed by atoms with E-state index in [1.54, 1.807) is 50.5 Å². The molecular weight excluding hydrogens is 308 g/mol. The van der Waals surface area contributed by atoms with Gasteiger partial charge in [0.25, 0.3) is 5.91 Å². The van der Waals surface area contributed by atoms with Crippen LogP contribution in [0.1, 0.15) is 29.8 Å². The summed E-state index contributed by atoms with van der Waals surface area (Å²) in [6.07, 6.45) is 3.40. The molecule has 0 saturated carbocycles. The second kappa shape index (κ2) is 7.59. The van der Waals surface area contributed by atoms with Crippen LogP contribution in [0, 0.1) is 5.41 Å². The van der Waals surface area contributed by atoms with E-state index in [0.29, 0.717) is 17.9 Å². The summed E-state index contributed by atoms with van der Waals surface area (Å²) >= 11 is 0. The number of hydrogen-bond donors (Lipinski definition) is 2. The lowest BCUT2D eigenvalue weighted by Crippen LogP contribution is -2.38. The molecule has 1 aromatic carbocycles. The Morgan fingerprint density at radius 3 is 2.71 bits per heavy atom. The first-order valence-electron chi connectivity index (χ1n) is 7.52. The van der Waals surface area contributed by atoms with Crippen LogP contribution in [0.3, 0.4) is 0 Å². The molecule has 0 aliphatic heterocycles. The van der Waals surface area contributed by atoms with Crippen molar-refractivity contribution in [2.45, 2.75) is 20.5 Å². The largest absolute Gasteiger partial charge is 0.489 e. The fraction of sp³-hybridized carbons (Fsp3) is 0.278. The Bertz CT molecular complexity index is 714. The van der Waals surface area contributed by atoms with Crippen LogP contribution >= 0.6 is 0 Å². The number of carboxylic acids is 1. The van der Waals surface area contributed by atoms with Crippen LogP contribution in [0.25, 0.3) is 0 Å². The van der Waals surface area contributed by atoms with Crippen molar-refractivity contribution in [2.24, 2.45) is 5.41 Å². The Morgan fingerprint density at radius 1 is 1.25 bits per heavy atom. The maximum absolute atomic E-state index is 12.2. The van der Waals surface area contributed by atoms with Gasteiger partial charge in [-0.15, -0.1) is 0 Å². The van der Waals surface area contributed by atoms with Crippen molar-refractivity contribution in [3.8, 4) is 5.75 Å². The number of nitrogens with zero attached hydrogens (tertiary/aromatic N) is 1. The second-order valence-corrected chi connectivity index (χ2v) is 6.05. The fourth-order valence-corrected chi connectivity index (χ4v) is 1.86. The van der Waals surface area contributed by atoms with Crippen molar-refractivity contribution in [3.63, 3.8) is 0 Å². The Hall–Kier alpha value is -2.89. The van der Waals surface area contributed by atoms with Crippen LogP contribution in [-0.4, -0.2) is 28.5 Å². The number of aromatic nitrogens is 1. The molecule has 1 heterocycles. The summed E-state index contributed by atoms with van der Waals surface area (Å²) < 4.78 is 5.65. The molecule has 2 aromatic rings. The van der Waals surface area contributed by atoms with Gasteiger partial charge in [-0.1, -0.05) is 12.1 Å². The van der Waals surface area contributed by atoms with E-state index >= 15 is 0 Å². The fourth-order valence-electron chi connectivity index (χ4n) is 1.86. The molecule has 0 spiro atoms. The summed E-state index contributed by atoms with van der Waals surface area (Å²) in [6, 6.07) is 10.5. The summed E-state index contributed by atoms with van der Waals surface area (Å²) in [6.45, 7) is 3.51. The molecule has 0 saturated heterocycles. The molecule has 0 aliphatic rings. The molecule has 2 rings (SSSR count). The first-order valence-corrected chi connectivity index (χ1v) is 7.52. The molecule has 0 atom stereocenters. The van der Waals surface area contributed by atoms with Crippen LogP contribution in [0.4, 0.5) is 0 Å². The summed E-state index contributed by atoms with van der Waals surface area (Å²) in [5, 5.41) is 11.7. The third-order valence-corrected chi connectivity index (χ3v) is 3.49. The first-order chi connectivity index (χ1) is 11.4. The summed E-state index contributed by atoms with van der Waals surface area (Å²) in [4.78, 5) is 27.3. The molecular formula is C18H20N2O4. The van der Waals surface area contributed by atoms with Gasteiger partial charge in [0, 0.05) is 30.1 Å². The number of benzene rings is 1. The van der Waals surface area contributed by atoms with Crippen LogP contribution in [0.5, 0.6) is 5.75 Å². The van der Waals surface area contributed by atoms with Crippen LogP contribution in [0.15, 0.2) is 48.8 Å². The molecule has 6 heteroatoms. The number of nitrogens with one attached hydrogen (secondary N) is 1. The molecule has 24 heavy (non-hydrogen) atoms. The van der Waals surface area contributed by atoms with Crippen molar-refractivity contribution in [1.29, 1.82) is 0 Å². The highest BCUT2D eigenvalue weighted by Crippen LogP contribution is 2.17. The maximum Gasteiger partial charge on any atom is 0.310 e. The first kappa shape index (κ1) is 17.5. The molecule has 0 radical (unpaired) electrons. The van der Waals surface area contributed by atoms with Gasteiger partial charge in [-0.05, 0) is 38.1 Å². The number of carbonyl (C=O) groups is 2. The number of amides is 1. The lowest BCUT2D eigenvalue weighted by atomic mass is 9.94. The van der Waals surface area contributed by atoms with E-state index < -0.39 is 11.4 Å². The van der Waals surface area contributed by atoms with E-state index in [-0.39, 0.29) is 12.5 Å². The lowest BCUT2D eigenvalue weighted by Gasteiger charge is -2.19. The van der Waals surface area contributed by atoms with Gasteiger partial charge >= 0.3 is 5.97 Å². The minimum Gasteiger partial charge on any atom is -0.489 e. The van der Waals surface area contributed by atoms with Gasteiger partial charge < -0.3 is 15.2 Å². The SMILES string of the molecule is CC(C)(CNC(=O)c1cccc(OCc2cccnc2)c1)C(=O)O. The maximum atomic E-state index is 12.2. The van der Waals surface area contributed by atoms with E-state index in [1.165, 1.54) is 0 Å². The highest BCUT2D eigenvalue weighted by molar-refractivity contribution is 5.94. The highest BCUT2D eigenvalue weighted by Gasteiger charge is 2.27. The molecule has 1 amide bonds. The Labute approximate surface area is 140 Å². The summed E-state index contributed by atoms with van der Waals surface area (Å²) in [7, 11) is 0. The van der Waals surface area contributed by atoms with E-state index in [0.717, 1.165) is 5.56 Å². The second-order valence-electron chi connectivity index (χ2n) is 6.05. The van der Waals surface area contributed by atoms with Crippen LogP contribution in [-0.2, 0) is 11.4 Å². The van der Waals surface area contributed by atoms with E-state index in [1.807, 2.05) is 12.1 Å². The van der Waals surface area contributed by atoms with Gasteiger partial charge in [0.15, 0.2) is 0 Å². The number of carboxylic acid groups (broad SMARTS) is 1. The van der Waals surface area contributed by atoms with E-state index in [4.69, 9.17) is 9.84 Å². The van der Waals surface area contributed by atoms with E-state index in [9.17, 15) is 9.59 Å². The third-order valence-electron chi connectivity index (χ3n) is 3.49. The zero-order chi connectivity index (χ0) is 17.6. The Morgan fingerprint density at radius 2 is 2.04 bits per heavy atom. The van der Waals surface area contributed by atoms with Gasteiger partial charge in [-0.25, -0.2) is 0 Å². The average Bonchev–Trinajstić information content (AvgIpc) is 2.59. The topological polar surface area (TPSA) is 88.5 Å². The smallest absolute Gasteiger partial charge is 0.310 e. The van der Waals surface area contributed by atoms with Gasteiger partial charge in [-0.3, -0.25) is 14.6 Å². The number of aliphatic carboxylic acids is 1. The zero-order valence-electron chi connectivity index (χ0n) is 13.7. The number of carbonyl (C=O) groups excluding carboxylic acids is 1. The Kier molecular flexibility index (Phi) is 5.52. The molecule has 2 N–H and O–H groups in total. The van der Waals surface area contributed by atoms with Gasteiger partial charge in [0.1, 0.15) is 12.4 Å². The lowest BCUT2D eigenvalue weighted by molar-refractivity contribution is -0.146. The van der Waals surface area contributed by atoms with Gasteiger partial charge in [0.2, 0.25) is 0 Å². The molecule has 6 nitrogen and oxygen atoms in total. The van der Waals surface area contributed by atoms with Crippen molar-refractivity contribution in [2.75, 3.05) is 6.54 Å². The van der Waals surface area contributed by atoms with Crippen LogP contribution in [0.2, 0.25) is 0 Å². The monoisotopic (exact) mass is 328 g/mol. The minimum absolute atomic E-state index is 0.0436. The average molecular weight is 328 g/mol. The van der Waals surface area contributed by atoms with Crippen molar-refractivity contribution < 1.29 is 19.4 Å². The normalized spacial score (nSPS) is 10.9. The van der Waals surface area contributed by atoms with Crippen molar-refractivity contribution in [3.05, 3.63) is 59.9 Å². The summed E-state index contributed by atoms with van der Waals surface area (Å²) in [5.41, 5.74) is 0.319. The number of hydrogen-bond acceptors (Lipinski definition) is 4. The van der Waals surface area contributed by atoms with Gasteiger partial charge in [0.05, 0.1) is 5.41 Å². The van der Waals surface area contributed by atoms with Crippen molar-refractivity contribution >= 4 is 11.9 Å². The predicted octanol–water partition coefficient (Wildman–Crippen LogP) is 2.50.